The topological polar surface area (TPSA) is 69.2 Å². The summed E-state index contributed by atoms with van der Waals surface area (Å²) in [6.45, 7) is 0.410. The largest absolute Gasteiger partial charge is 0.497 e. The number of carbonyl (C=O) groups is 1. The molecule has 0 atom stereocenters. The lowest BCUT2D eigenvalue weighted by atomic mass is 10.2. The van der Waals surface area contributed by atoms with E-state index in [1.54, 1.807) is 31.5 Å². The second-order valence-corrected chi connectivity index (χ2v) is 6.12. The fourth-order valence-corrected chi connectivity index (χ4v) is 2.62. The number of carbonyl (C=O) groups excluding carboxylic acids is 1. The summed E-state index contributed by atoms with van der Waals surface area (Å²) in [5.41, 5.74) is 4.78. The molecule has 1 amide bonds. The van der Waals surface area contributed by atoms with Crippen molar-refractivity contribution in [2.75, 3.05) is 14.2 Å². The van der Waals surface area contributed by atoms with Gasteiger partial charge in [-0.05, 0) is 41.5 Å². The van der Waals surface area contributed by atoms with E-state index in [0.717, 1.165) is 16.9 Å². The van der Waals surface area contributed by atoms with Crippen LogP contribution in [-0.2, 0) is 6.61 Å². The van der Waals surface area contributed by atoms with Crippen LogP contribution in [-0.4, -0.2) is 26.3 Å². The third-order valence-corrected chi connectivity index (χ3v) is 4.14. The number of methoxy groups -OCH3 is 2. The van der Waals surface area contributed by atoms with E-state index >= 15 is 0 Å². The fourth-order valence-electron chi connectivity index (χ4n) is 2.62. The Morgan fingerprint density at radius 2 is 1.76 bits per heavy atom. The molecule has 0 saturated heterocycles. The monoisotopic (exact) mass is 390 g/mol. The third kappa shape index (κ3) is 5.59. The zero-order valence-corrected chi connectivity index (χ0v) is 16.3. The maximum Gasteiger partial charge on any atom is 0.271 e. The van der Waals surface area contributed by atoms with Gasteiger partial charge in [-0.3, -0.25) is 4.79 Å². The summed E-state index contributed by atoms with van der Waals surface area (Å²) in [7, 11) is 3.13. The Hall–Kier alpha value is -3.80. The number of hydrogen-bond acceptors (Lipinski definition) is 5. The molecular weight excluding hydrogens is 368 g/mol. The average molecular weight is 390 g/mol. The number of benzene rings is 3. The van der Waals surface area contributed by atoms with Gasteiger partial charge in [-0.1, -0.05) is 42.5 Å². The summed E-state index contributed by atoms with van der Waals surface area (Å²) < 4.78 is 16.3. The Bertz CT molecular complexity index is 987. The van der Waals surface area contributed by atoms with Gasteiger partial charge in [-0.15, -0.1) is 0 Å². The average Bonchev–Trinajstić information content (AvgIpc) is 2.78. The molecule has 0 unspecified atom stereocenters. The first-order valence-corrected chi connectivity index (χ1v) is 9.02. The van der Waals surface area contributed by atoms with Gasteiger partial charge in [-0.25, -0.2) is 5.43 Å². The molecule has 0 radical (unpaired) electrons. The van der Waals surface area contributed by atoms with Crippen molar-refractivity contribution in [3.8, 4) is 17.2 Å². The minimum Gasteiger partial charge on any atom is -0.497 e. The number of rotatable bonds is 8. The molecule has 3 aromatic carbocycles. The Morgan fingerprint density at radius 1 is 0.931 bits per heavy atom. The van der Waals surface area contributed by atoms with Crippen LogP contribution in [0.15, 0.2) is 77.9 Å². The van der Waals surface area contributed by atoms with Crippen molar-refractivity contribution in [1.82, 2.24) is 5.43 Å². The molecule has 148 valence electrons. The first kappa shape index (κ1) is 19.9. The van der Waals surface area contributed by atoms with Crippen molar-refractivity contribution >= 4 is 12.1 Å². The van der Waals surface area contributed by atoms with Crippen LogP contribution >= 0.6 is 0 Å². The predicted molar refractivity (Wildman–Crippen MR) is 112 cm³/mol. The summed E-state index contributed by atoms with van der Waals surface area (Å²) in [5.74, 6) is 1.41. The van der Waals surface area contributed by atoms with E-state index in [1.807, 2.05) is 54.6 Å². The second-order valence-electron chi connectivity index (χ2n) is 6.12. The van der Waals surface area contributed by atoms with E-state index in [9.17, 15) is 4.79 Å². The first-order valence-electron chi connectivity index (χ1n) is 9.02. The molecule has 0 spiro atoms. The van der Waals surface area contributed by atoms with E-state index in [-0.39, 0.29) is 5.91 Å². The molecule has 6 nitrogen and oxygen atoms in total. The smallest absolute Gasteiger partial charge is 0.271 e. The van der Waals surface area contributed by atoms with Crippen LogP contribution in [0.5, 0.6) is 17.2 Å². The van der Waals surface area contributed by atoms with Gasteiger partial charge in [0, 0.05) is 5.56 Å². The SMILES string of the molecule is COc1cccc(/C=N/NC(=O)c2ccc(OCc3ccccc3)c(OC)c2)c1. The van der Waals surface area contributed by atoms with Crippen molar-refractivity contribution in [2.24, 2.45) is 5.10 Å². The molecule has 29 heavy (non-hydrogen) atoms. The van der Waals surface area contributed by atoms with Crippen molar-refractivity contribution in [2.45, 2.75) is 6.61 Å². The summed E-state index contributed by atoms with van der Waals surface area (Å²) in [5, 5.41) is 4.00. The highest BCUT2D eigenvalue weighted by atomic mass is 16.5. The zero-order valence-electron chi connectivity index (χ0n) is 16.3. The zero-order chi connectivity index (χ0) is 20.5. The number of hydrogen-bond donors (Lipinski definition) is 1. The van der Waals surface area contributed by atoms with Gasteiger partial charge >= 0.3 is 0 Å². The summed E-state index contributed by atoms with van der Waals surface area (Å²) in [6, 6.07) is 22.2. The Kier molecular flexibility index (Phi) is 6.84. The molecule has 0 fully saturated rings. The van der Waals surface area contributed by atoms with Crippen LogP contribution in [0.4, 0.5) is 0 Å². The Morgan fingerprint density at radius 3 is 2.52 bits per heavy atom. The molecule has 0 aliphatic rings. The van der Waals surface area contributed by atoms with Crippen molar-refractivity contribution in [3.63, 3.8) is 0 Å². The standard InChI is InChI=1S/C23H22N2O4/c1-27-20-10-6-9-18(13-20)15-24-25-23(26)19-11-12-21(22(14-19)28-2)29-16-17-7-4-3-5-8-17/h3-15H,16H2,1-2H3,(H,25,26)/b24-15+. The maximum absolute atomic E-state index is 12.4. The van der Waals surface area contributed by atoms with Crippen LogP contribution in [0, 0.1) is 0 Å². The van der Waals surface area contributed by atoms with Crippen LogP contribution in [0.1, 0.15) is 21.5 Å². The highest BCUT2D eigenvalue weighted by Crippen LogP contribution is 2.28. The van der Waals surface area contributed by atoms with Crippen LogP contribution < -0.4 is 19.6 Å². The van der Waals surface area contributed by atoms with E-state index in [1.165, 1.54) is 7.11 Å². The molecule has 0 bridgehead atoms. The third-order valence-electron chi connectivity index (χ3n) is 4.14. The van der Waals surface area contributed by atoms with E-state index in [0.29, 0.717) is 23.7 Å². The number of nitrogens with one attached hydrogen (secondary N) is 1. The first-order chi connectivity index (χ1) is 14.2. The molecule has 0 aliphatic heterocycles. The van der Waals surface area contributed by atoms with Crippen LogP contribution in [0.25, 0.3) is 0 Å². The molecule has 0 aromatic heterocycles. The van der Waals surface area contributed by atoms with E-state index in [4.69, 9.17) is 14.2 Å². The molecule has 3 aromatic rings. The van der Waals surface area contributed by atoms with Crippen LogP contribution in [0.3, 0.4) is 0 Å². The highest BCUT2D eigenvalue weighted by Gasteiger charge is 2.11. The maximum atomic E-state index is 12.4. The van der Waals surface area contributed by atoms with E-state index in [2.05, 4.69) is 10.5 Å². The molecule has 0 saturated carbocycles. The lowest BCUT2D eigenvalue weighted by Gasteiger charge is -2.12. The fraction of sp³-hybridized carbons (Fsp3) is 0.130. The Balaban J connectivity index is 1.63. The lowest BCUT2D eigenvalue weighted by molar-refractivity contribution is 0.0954. The van der Waals surface area contributed by atoms with Gasteiger partial charge in [0.1, 0.15) is 12.4 Å². The lowest BCUT2D eigenvalue weighted by Crippen LogP contribution is -2.17. The number of amides is 1. The highest BCUT2D eigenvalue weighted by molar-refractivity contribution is 5.95. The van der Waals surface area contributed by atoms with Crippen molar-refractivity contribution in [1.29, 1.82) is 0 Å². The predicted octanol–water partition coefficient (Wildman–Crippen LogP) is 4.05. The van der Waals surface area contributed by atoms with Crippen LogP contribution in [0.2, 0.25) is 0 Å². The number of nitrogens with zero attached hydrogens (tertiary/aromatic N) is 1. The minimum absolute atomic E-state index is 0.350. The quantitative estimate of drug-likeness (QED) is 0.465. The van der Waals surface area contributed by atoms with Crippen molar-refractivity contribution in [3.05, 3.63) is 89.5 Å². The van der Waals surface area contributed by atoms with Gasteiger partial charge in [0.25, 0.3) is 5.91 Å². The summed E-state index contributed by atoms with van der Waals surface area (Å²) in [4.78, 5) is 12.4. The molecule has 0 heterocycles. The normalized spacial score (nSPS) is 10.6. The van der Waals surface area contributed by atoms with Gasteiger partial charge in [0.15, 0.2) is 11.5 Å². The molecule has 6 heteroatoms. The Labute approximate surface area is 169 Å². The van der Waals surface area contributed by atoms with E-state index < -0.39 is 0 Å². The van der Waals surface area contributed by atoms with Gasteiger partial charge in [-0.2, -0.15) is 5.10 Å². The number of ether oxygens (including phenoxy) is 3. The van der Waals surface area contributed by atoms with Gasteiger partial charge in [0.2, 0.25) is 0 Å². The second kappa shape index (κ2) is 9.94. The summed E-state index contributed by atoms with van der Waals surface area (Å²) in [6.07, 6.45) is 1.55. The molecule has 3 rings (SSSR count). The number of hydrazone groups is 1. The molecular formula is C23H22N2O4. The summed E-state index contributed by atoms with van der Waals surface area (Å²) >= 11 is 0. The minimum atomic E-state index is -0.350. The van der Waals surface area contributed by atoms with Crippen molar-refractivity contribution < 1.29 is 19.0 Å². The molecule has 1 N–H and O–H groups in total. The molecule has 0 aliphatic carbocycles. The van der Waals surface area contributed by atoms with Gasteiger partial charge < -0.3 is 14.2 Å². The van der Waals surface area contributed by atoms with Gasteiger partial charge in [0.05, 0.1) is 20.4 Å².